The first-order valence-corrected chi connectivity index (χ1v) is 8.72. The molecule has 1 aromatic carbocycles. The van der Waals surface area contributed by atoms with Crippen molar-refractivity contribution < 1.29 is 13.2 Å². The third-order valence-corrected chi connectivity index (χ3v) is 6.07. The number of benzene rings is 1. The van der Waals surface area contributed by atoms with Crippen molar-refractivity contribution in [1.82, 2.24) is 9.21 Å². The summed E-state index contributed by atoms with van der Waals surface area (Å²) < 4.78 is 32.7. The summed E-state index contributed by atoms with van der Waals surface area (Å²) in [6.07, 6.45) is 0. The van der Waals surface area contributed by atoms with E-state index < -0.39 is 10.0 Å². The van der Waals surface area contributed by atoms with E-state index in [1.807, 2.05) is 19.9 Å². The van der Waals surface area contributed by atoms with Gasteiger partial charge in [-0.1, -0.05) is 13.0 Å². The lowest BCUT2D eigenvalue weighted by Gasteiger charge is -2.33. The molecular weight excluding hydrogens is 288 g/mol. The molecule has 0 spiro atoms. The second kappa shape index (κ2) is 6.34. The molecule has 0 bridgehead atoms. The fourth-order valence-corrected chi connectivity index (χ4v) is 4.58. The number of piperazine rings is 1. The second-order valence-electron chi connectivity index (χ2n) is 5.45. The Hall–Kier alpha value is -1.11. The summed E-state index contributed by atoms with van der Waals surface area (Å²) in [7, 11) is -1.99. The zero-order valence-electron chi connectivity index (χ0n) is 13.2. The highest BCUT2D eigenvalue weighted by Gasteiger charge is 2.31. The Labute approximate surface area is 127 Å². The third-order valence-electron chi connectivity index (χ3n) is 3.98. The van der Waals surface area contributed by atoms with E-state index in [-0.39, 0.29) is 0 Å². The van der Waals surface area contributed by atoms with Gasteiger partial charge in [-0.15, -0.1) is 0 Å². The zero-order chi connectivity index (χ0) is 15.6. The van der Waals surface area contributed by atoms with E-state index in [4.69, 9.17) is 4.74 Å². The molecule has 1 aromatic rings. The summed E-state index contributed by atoms with van der Waals surface area (Å²) in [4.78, 5) is 2.56. The Kier molecular flexibility index (Phi) is 4.91. The van der Waals surface area contributed by atoms with Crippen LogP contribution >= 0.6 is 0 Å². The van der Waals surface area contributed by atoms with Crippen molar-refractivity contribution in [3.8, 4) is 5.75 Å². The monoisotopic (exact) mass is 312 g/mol. The molecule has 1 aliphatic heterocycles. The fraction of sp³-hybridized carbons (Fsp3) is 0.600. The van der Waals surface area contributed by atoms with E-state index >= 15 is 0 Å². The van der Waals surface area contributed by atoms with Crippen LogP contribution in [0.5, 0.6) is 5.75 Å². The highest BCUT2D eigenvalue weighted by molar-refractivity contribution is 7.89. The van der Waals surface area contributed by atoms with Gasteiger partial charge in [-0.3, -0.25) is 0 Å². The van der Waals surface area contributed by atoms with Gasteiger partial charge in [-0.2, -0.15) is 4.31 Å². The first-order chi connectivity index (χ1) is 9.90. The van der Waals surface area contributed by atoms with Crippen LogP contribution in [0.1, 0.15) is 18.1 Å². The third kappa shape index (κ3) is 3.22. The highest BCUT2D eigenvalue weighted by atomic mass is 32.2. The Morgan fingerprint density at radius 1 is 1.14 bits per heavy atom. The van der Waals surface area contributed by atoms with Crippen molar-refractivity contribution >= 4 is 10.0 Å². The molecule has 5 nitrogen and oxygen atoms in total. The first kappa shape index (κ1) is 16.3. The summed E-state index contributed by atoms with van der Waals surface area (Å²) in [5, 5.41) is 0. The van der Waals surface area contributed by atoms with E-state index in [1.165, 1.54) is 7.11 Å². The second-order valence-corrected chi connectivity index (χ2v) is 7.33. The number of nitrogens with zero attached hydrogens (tertiary/aromatic N) is 2. The van der Waals surface area contributed by atoms with Gasteiger partial charge in [0, 0.05) is 26.2 Å². The van der Waals surface area contributed by atoms with Crippen LogP contribution < -0.4 is 4.74 Å². The van der Waals surface area contributed by atoms with Gasteiger partial charge in [-0.05, 0) is 37.6 Å². The van der Waals surface area contributed by atoms with Crippen LogP contribution in [0.3, 0.4) is 0 Å². The molecule has 1 heterocycles. The van der Waals surface area contributed by atoms with E-state index in [0.29, 0.717) is 23.7 Å². The minimum absolute atomic E-state index is 0.306. The van der Waals surface area contributed by atoms with Gasteiger partial charge in [-0.25, -0.2) is 8.42 Å². The topological polar surface area (TPSA) is 49.9 Å². The van der Waals surface area contributed by atoms with E-state index in [0.717, 1.165) is 30.8 Å². The summed E-state index contributed by atoms with van der Waals surface area (Å²) in [6, 6.07) is 3.67. The smallest absolute Gasteiger partial charge is 0.247 e. The largest absolute Gasteiger partial charge is 0.495 e. The van der Waals surface area contributed by atoms with E-state index in [2.05, 4.69) is 11.8 Å². The maximum Gasteiger partial charge on any atom is 0.247 e. The number of rotatable bonds is 4. The van der Waals surface area contributed by atoms with Gasteiger partial charge in [0.1, 0.15) is 10.6 Å². The number of ether oxygens (including phenoxy) is 1. The quantitative estimate of drug-likeness (QED) is 0.848. The SMILES string of the molecule is CCN1CCN(S(=O)(=O)c2c(C)cc(C)cc2OC)CC1. The number of sulfonamides is 1. The summed E-state index contributed by atoms with van der Waals surface area (Å²) in [5.74, 6) is 0.436. The molecule has 0 aromatic heterocycles. The molecule has 0 atom stereocenters. The average molecular weight is 312 g/mol. The van der Waals surface area contributed by atoms with Crippen molar-refractivity contribution in [2.45, 2.75) is 25.7 Å². The van der Waals surface area contributed by atoms with Gasteiger partial charge in [0.05, 0.1) is 7.11 Å². The molecule has 0 unspecified atom stereocenters. The van der Waals surface area contributed by atoms with Crippen LogP contribution in [0.15, 0.2) is 17.0 Å². The van der Waals surface area contributed by atoms with Crippen LogP contribution in [0.25, 0.3) is 0 Å². The van der Waals surface area contributed by atoms with Crippen molar-refractivity contribution in [3.05, 3.63) is 23.3 Å². The summed E-state index contributed by atoms with van der Waals surface area (Å²) >= 11 is 0. The number of likely N-dealkylation sites (N-methyl/N-ethyl adjacent to an activating group) is 1. The van der Waals surface area contributed by atoms with Crippen LogP contribution in [-0.2, 0) is 10.0 Å². The lowest BCUT2D eigenvalue weighted by Crippen LogP contribution is -2.48. The predicted octanol–water partition coefficient (Wildman–Crippen LogP) is 1.64. The summed E-state index contributed by atoms with van der Waals surface area (Å²) in [5.41, 5.74) is 1.74. The molecular formula is C15H24N2O3S. The molecule has 0 N–H and O–H groups in total. The molecule has 0 radical (unpaired) electrons. The van der Waals surface area contributed by atoms with Gasteiger partial charge in [0.2, 0.25) is 10.0 Å². The van der Waals surface area contributed by atoms with Crippen LogP contribution in [0.2, 0.25) is 0 Å². The summed E-state index contributed by atoms with van der Waals surface area (Å²) in [6.45, 7) is 9.44. The maximum absolute atomic E-state index is 12.9. The molecule has 0 amide bonds. The maximum atomic E-state index is 12.9. The number of hydrogen-bond donors (Lipinski definition) is 0. The van der Waals surface area contributed by atoms with Gasteiger partial charge in [0.25, 0.3) is 0 Å². The Morgan fingerprint density at radius 2 is 1.76 bits per heavy atom. The van der Waals surface area contributed by atoms with E-state index in [1.54, 1.807) is 10.4 Å². The minimum Gasteiger partial charge on any atom is -0.495 e. The molecule has 0 saturated carbocycles. The molecule has 2 rings (SSSR count). The molecule has 0 aliphatic carbocycles. The number of methoxy groups -OCH3 is 1. The highest BCUT2D eigenvalue weighted by Crippen LogP contribution is 2.31. The predicted molar refractivity (Wildman–Crippen MR) is 83.3 cm³/mol. The van der Waals surface area contributed by atoms with Crippen LogP contribution in [0, 0.1) is 13.8 Å². The standard InChI is InChI=1S/C15H24N2O3S/c1-5-16-6-8-17(9-7-16)21(18,19)15-13(3)10-12(2)11-14(15)20-4/h10-11H,5-9H2,1-4H3. The Morgan fingerprint density at radius 3 is 2.29 bits per heavy atom. The lowest BCUT2D eigenvalue weighted by molar-refractivity contribution is 0.196. The van der Waals surface area contributed by atoms with Gasteiger partial charge >= 0.3 is 0 Å². The molecule has 118 valence electrons. The first-order valence-electron chi connectivity index (χ1n) is 7.28. The average Bonchev–Trinajstić information content (AvgIpc) is 2.46. The van der Waals surface area contributed by atoms with E-state index in [9.17, 15) is 8.42 Å². The van der Waals surface area contributed by atoms with Crippen LogP contribution in [-0.4, -0.2) is 57.5 Å². The fourth-order valence-electron chi connectivity index (χ4n) is 2.81. The number of hydrogen-bond acceptors (Lipinski definition) is 4. The van der Waals surface area contributed by atoms with Gasteiger partial charge in [0.15, 0.2) is 0 Å². The van der Waals surface area contributed by atoms with Gasteiger partial charge < -0.3 is 9.64 Å². The molecule has 21 heavy (non-hydrogen) atoms. The van der Waals surface area contributed by atoms with Crippen molar-refractivity contribution in [2.75, 3.05) is 39.8 Å². The molecule has 1 saturated heterocycles. The van der Waals surface area contributed by atoms with Crippen molar-refractivity contribution in [1.29, 1.82) is 0 Å². The molecule has 1 fully saturated rings. The minimum atomic E-state index is -3.50. The normalized spacial score (nSPS) is 17.9. The molecule has 6 heteroatoms. The van der Waals surface area contributed by atoms with Crippen molar-refractivity contribution in [3.63, 3.8) is 0 Å². The lowest BCUT2D eigenvalue weighted by atomic mass is 10.1. The zero-order valence-corrected chi connectivity index (χ0v) is 14.0. The molecule has 1 aliphatic rings. The van der Waals surface area contributed by atoms with Crippen molar-refractivity contribution in [2.24, 2.45) is 0 Å². The van der Waals surface area contributed by atoms with Crippen LogP contribution in [0.4, 0.5) is 0 Å². The Bertz CT molecular complexity index is 606. The number of aryl methyl sites for hydroxylation is 2. The Balaban J connectivity index is 2.37.